The molecule has 0 saturated heterocycles. The summed E-state index contributed by atoms with van der Waals surface area (Å²) in [6, 6.07) is 12.6. The SMILES string of the molecule is CCOC(=O)C1=C(C)N=c2s/c(=C\c3ccc(-c4ccccc4[N+](=O)[O-])o3)c(=O)n2[C@@H]1c1cccs1. The number of nitro groups is 1. The number of ether oxygens (including phenoxy) is 1. The number of hydrogen-bond donors (Lipinski definition) is 0. The number of aromatic nitrogens is 1. The van der Waals surface area contributed by atoms with Crippen molar-refractivity contribution in [1.29, 1.82) is 0 Å². The monoisotopic (exact) mass is 521 g/mol. The van der Waals surface area contributed by atoms with Gasteiger partial charge in [0.15, 0.2) is 4.80 Å². The number of fused-ring (bicyclic) bond motifs is 1. The second kappa shape index (κ2) is 9.51. The highest BCUT2D eigenvalue weighted by atomic mass is 32.1. The summed E-state index contributed by atoms with van der Waals surface area (Å²) in [6.07, 6.45) is 1.58. The zero-order chi connectivity index (χ0) is 25.4. The molecule has 0 fully saturated rings. The van der Waals surface area contributed by atoms with E-state index < -0.39 is 16.9 Å². The van der Waals surface area contributed by atoms with Crippen molar-refractivity contribution in [2.45, 2.75) is 19.9 Å². The standard InChI is InChI=1S/C25H19N3O6S2/c1-3-33-24(30)21-14(2)26-25-27(22(21)19-9-6-12-35-19)23(29)20(36-25)13-15-10-11-18(34-15)16-7-4-5-8-17(16)28(31)32/h4-13,22H,3H2,1-2H3/b20-13-/t22-/m1/s1. The van der Waals surface area contributed by atoms with Crippen LogP contribution in [0.4, 0.5) is 5.69 Å². The molecule has 0 radical (unpaired) electrons. The fraction of sp³-hybridized carbons (Fsp3) is 0.160. The Labute approximate surface area is 212 Å². The molecule has 0 aliphatic carbocycles. The van der Waals surface area contributed by atoms with Crippen LogP contribution in [0.25, 0.3) is 17.4 Å². The second-order valence-corrected chi connectivity index (χ2v) is 9.78. The van der Waals surface area contributed by atoms with Crippen LogP contribution in [0.1, 0.15) is 30.5 Å². The van der Waals surface area contributed by atoms with Gasteiger partial charge in [-0.2, -0.15) is 0 Å². The zero-order valence-electron chi connectivity index (χ0n) is 19.2. The first-order chi connectivity index (χ1) is 17.4. The summed E-state index contributed by atoms with van der Waals surface area (Å²) >= 11 is 2.62. The Balaban J connectivity index is 1.62. The minimum Gasteiger partial charge on any atom is -0.463 e. The van der Waals surface area contributed by atoms with Gasteiger partial charge in [-0.25, -0.2) is 9.79 Å². The number of benzene rings is 1. The van der Waals surface area contributed by atoms with Crippen LogP contribution in [0.2, 0.25) is 0 Å². The van der Waals surface area contributed by atoms with Crippen molar-refractivity contribution in [1.82, 2.24) is 4.57 Å². The third kappa shape index (κ3) is 4.12. The van der Waals surface area contributed by atoms with Crippen molar-refractivity contribution >= 4 is 40.4 Å². The number of nitrogens with zero attached hydrogens (tertiary/aromatic N) is 3. The number of carbonyl (C=O) groups excluding carboxylic acids is 1. The van der Waals surface area contributed by atoms with Crippen molar-refractivity contribution in [2.75, 3.05) is 6.61 Å². The Morgan fingerprint density at radius 2 is 2.06 bits per heavy atom. The van der Waals surface area contributed by atoms with Gasteiger partial charge in [0.25, 0.3) is 11.2 Å². The summed E-state index contributed by atoms with van der Waals surface area (Å²) in [6.45, 7) is 3.66. The Bertz CT molecular complexity index is 1690. The van der Waals surface area contributed by atoms with Crippen molar-refractivity contribution in [3.8, 4) is 11.3 Å². The smallest absolute Gasteiger partial charge is 0.338 e. The van der Waals surface area contributed by atoms with Gasteiger partial charge in [-0.1, -0.05) is 29.5 Å². The summed E-state index contributed by atoms with van der Waals surface area (Å²) < 4.78 is 13.0. The molecule has 0 N–H and O–H groups in total. The molecule has 1 aliphatic rings. The lowest BCUT2D eigenvalue weighted by Crippen LogP contribution is -2.39. The number of thiophene rings is 1. The average Bonchev–Trinajstić information content (AvgIpc) is 3.60. The maximum atomic E-state index is 13.6. The normalized spacial score (nSPS) is 15.5. The summed E-state index contributed by atoms with van der Waals surface area (Å²) in [5.74, 6) is 0.173. The van der Waals surface area contributed by atoms with Crippen LogP contribution in [-0.4, -0.2) is 22.1 Å². The Morgan fingerprint density at radius 1 is 1.25 bits per heavy atom. The number of furan rings is 1. The quantitative estimate of drug-likeness (QED) is 0.215. The van der Waals surface area contributed by atoms with Crippen molar-refractivity contribution in [2.24, 2.45) is 4.99 Å². The van der Waals surface area contributed by atoms with E-state index in [9.17, 15) is 19.7 Å². The molecule has 36 heavy (non-hydrogen) atoms. The molecule has 4 heterocycles. The molecule has 182 valence electrons. The van der Waals surface area contributed by atoms with Crippen LogP contribution >= 0.6 is 22.7 Å². The Kier molecular flexibility index (Phi) is 6.25. The van der Waals surface area contributed by atoms with Gasteiger partial charge in [0.2, 0.25) is 0 Å². The summed E-state index contributed by atoms with van der Waals surface area (Å²) in [5.41, 5.74) is 0.771. The lowest BCUT2D eigenvalue weighted by molar-refractivity contribution is -0.384. The highest BCUT2D eigenvalue weighted by Crippen LogP contribution is 2.33. The van der Waals surface area contributed by atoms with E-state index in [-0.39, 0.29) is 17.9 Å². The molecule has 11 heteroatoms. The van der Waals surface area contributed by atoms with E-state index in [0.29, 0.717) is 37.7 Å². The lowest BCUT2D eigenvalue weighted by atomic mass is 10.0. The molecule has 0 unspecified atom stereocenters. The van der Waals surface area contributed by atoms with Crippen LogP contribution in [0.5, 0.6) is 0 Å². The van der Waals surface area contributed by atoms with Crippen LogP contribution in [0.15, 0.2) is 79.4 Å². The molecular formula is C25H19N3O6S2. The van der Waals surface area contributed by atoms with Gasteiger partial charge in [0.1, 0.15) is 17.6 Å². The molecule has 0 bridgehead atoms. The van der Waals surface area contributed by atoms with Crippen LogP contribution in [0, 0.1) is 10.1 Å². The highest BCUT2D eigenvalue weighted by molar-refractivity contribution is 7.10. The van der Waals surface area contributed by atoms with Crippen LogP contribution < -0.4 is 14.9 Å². The number of allylic oxidation sites excluding steroid dienone is 1. The first-order valence-electron chi connectivity index (χ1n) is 11.0. The molecular weight excluding hydrogens is 502 g/mol. The molecule has 5 rings (SSSR count). The molecule has 4 aromatic rings. The van der Waals surface area contributed by atoms with Crippen molar-refractivity contribution in [3.63, 3.8) is 0 Å². The summed E-state index contributed by atoms with van der Waals surface area (Å²) in [5, 5.41) is 13.3. The molecule has 0 saturated carbocycles. The number of esters is 1. The topological polar surface area (TPSA) is 117 Å². The molecule has 1 atom stereocenters. The van der Waals surface area contributed by atoms with Gasteiger partial charge >= 0.3 is 5.97 Å². The third-order valence-electron chi connectivity index (χ3n) is 5.60. The van der Waals surface area contributed by atoms with E-state index in [1.54, 1.807) is 50.3 Å². The van der Waals surface area contributed by atoms with E-state index >= 15 is 0 Å². The van der Waals surface area contributed by atoms with Gasteiger partial charge in [-0.15, -0.1) is 11.3 Å². The van der Waals surface area contributed by atoms with E-state index in [1.165, 1.54) is 33.3 Å². The van der Waals surface area contributed by atoms with E-state index in [1.807, 2.05) is 17.5 Å². The number of para-hydroxylation sites is 1. The molecule has 3 aromatic heterocycles. The first-order valence-corrected chi connectivity index (χ1v) is 12.7. The van der Waals surface area contributed by atoms with Crippen molar-refractivity contribution < 1.29 is 18.9 Å². The Hall–Kier alpha value is -4.09. The number of rotatable bonds is 6. The van der Waals surface area contributed by atoms with Gasteiger partial charge < -0.3 is 9.15 Å². The molecule has 0 spiro atoms. The van der Waals surface area contributed by atoms with E-state index in [4.69, 9.17) is 9.15 Å². The van der Waals surface area contributed by atoms with Crippen LogP contribution in [-0.2, 0) is 9.53 Å². The minimum atomic E-state index is -0.651. The zero-order valence-corrected chi connectivity index (χ0v) is 20.8. The predicted octanol–water partition coefficient (Wildman–Crippen LogP) is 4.03. The number of carbonyl (C=O) groups is 1. The van der Waals surface area contributed by atoms with Crippen LogP contribution in [0.3, 0.4) is 0 Å². The van der Waals surface area contributed by atoms with Gasteiger partial charge in [-0.05, 0) is 43.5 Å². The number of thiazole rings is 1. The Morgan fingerprint density at radius 3 is 2.78 bits per heavy atom. The average molecular weight is 522 g/mol. The molecule has 1 aromatic carbocycles. The van der Waals surface area contributed by atoms with E-state index in [2.05, 4.69) is 4.99 Å². The first kappa shape index (κ1) is 23.6. The largest absolute Gasteiger partial charge is 0.463 e. The molecule has 1 aliphatic heterocycles. The third-order valence-corrected chi connectivity index (χ3v) is 7.50. The summed E-state index contributed by atoms with van der Waals surface area (Å²) in [4.78, 5) is 43.1. The van der Waals surface area contributed by atoms with Crippen molar-refractivity contribution in [3.05, 3.63) is 106 Å². The second-order valence-electron chi connectivity index (χ2n) is 7.79. The fourth-order valence-electron chi connectivity index (χ4n) is 4.05. The maximum Gasteiger partial charge on any atom is 0.338 e. The van der Waals surface area contributed by atoms with Gasteiger partial charge in [0, 0.05) is 17.0 Å². The predicted molar refractivity (Wildman–Crippen MR) is 136 cm³/mol. The minimum absolute atomic E-state index is 0.0734. The van der Waals surface area contributed by atoms with Gasteiger partial charge in [-0.3, -0.25) is 19.5 Å². The number of nitro benzene ring substituents is 1. The molecule has 9 nitrogen and oxygen atoms in total. The van der Waals surface area contributed by atoms with Gasteiger partial charge in [0.05, 0.1) is 32.9 Å². The van der Waals surface area contributed by atoms with E-state index in [0.717, 1.165) is 4.88 Å². The fourth-order valence-corrected chi connectivity index (χ4v) is 5.90. The molecule has 0 amide bonds. The maximum absolute atomic E-state index is 13.6. The highest BCUT2D eigenvalue weighted by Gasteiger charge is 2.33. The lowest BCUT2D eigenvalue weighted by Gasteiger charge is -2.23. The number of hydrogen-bond acceptors (Lipinski definition) is 9. The summed E-state index contributed by atoms with van der Waals surface area (Å²) in [7, 11) is 0.